The third-order valence-corrected chi connectivity index (χ3v) is 4.40. The molecule has 1 saturated carbocycles. The lowest BCUT2D eigenvalue weighted by atomic mass is 9.96. The lowest BCUT2D eigenvalue weighted by Crippen LogP contribution is -2.52. The molecule has 0 bridgehead atoms. The number of ether oxygens (including phenoxy) is 2. The molecule has 6 nitrogen and oxygen atoms in total. The van der Waals surface area contributed by atoms with E-state index in [0.717, 1.165) is 18.4 Å². The zero-order valence-corrected chi connectivity index (χ0v) is 14.1. The summed E-state index contributed by atoms with van der Waals surface area (Å²) in [5.41, 5.74) is -0.0760. The predicted molar refractivity (Wildman–Crippen MR) is 89.7 cm³/mol. The molecule has 0 spiro atoms. The third kappa shape index (κ3) is 3.37. The molecule has 1 aromatic rings. The van der Waals surface area contributed by atoms with E-state index < -0.39 is 17.4 Å². The number of aliphatic carboxylic acids is 1. The number of amides is 1. The molecule has 0 radical (unpaired) electrons. The van der Waals surface area contributed by atoms with Crippen molar-refractivity contribution in [1.82, 2.24) is 5.32 Å². The predicted octanol–water partition coefficient (Wildman–Crippen LogP) is 2.56. The van der Waals surface area contributed by atoms with Gasteiger partial charge in [0.15, 0.2) is 11.5 Å². The largest absolute Gasteiger partial charge is 0.493 e. The minimum absolute atomic E-state index is 0.344. The van der Waals surface area contributed by atoms with E-state index in [-0.39, 0.29) is 0 Å². The number of carbonyl (C=O) groups excluding carboxylic acids is 1. The average molecular weight is 333 g/mol. The molecule has 0 atom stereocenters. The van der Waals surface area contributed by atoms with Gasteiger partial charge in [0.1, 0.15) is 5.54 Å². The number of methoxy groups -OCH3 is 2. The molecule has 0 unspecified atom stereocenters. The topological polar surface area (TPSA) is 84.9 Å². The van der Waals surface area contributed by atoms with Crippen LogP contribution in [0.15, 0.2) is 24.8 Å². The summed E-state index contributed by atoms with van der Waals surface area (Å²) < 4.78 is 10.6. The number of nitrogens with one attached hydrogen (secondary N) is 1. The van der Waals surface area contributed by atoms with Gasteiger partial charge in [0.25, 0.3) is 5.91 Å². The van der Waals surface area contributed by atoms with Crippen LogP contribution < -0.4 is 14.8 Å². The number of benzene rings is 1. The highest BCUT2D eigenvalue weighted by Gasteiger charge is 2.42. The van der Waals surface area contributed by atoms with Gasteiger partial charge in [-0.3, -0.25) is 4.79 Å². The Morgan fingerprint density at radius 2 is 1.96 bits per heavy atom. The van der Waals surface area contributed by atoms with Crippen LogP contribution in [0.5, 0.6) is 11.5 Å². The average Bonchev–Trinajstić information content (AvgIpc) is 3.04. The zero-order chi connectivity index (χ0) is 17.7. The van der Waals surface area contributed by atoms with Crippen molar-refractivity contribution in [2.75, 3.05) is 14.2 Å². The molecule has 24 heavy (non-hydrogen) atoms. The molecule has 1 aromatic carbocycles. The minimum Gasteiger partial charge on any atom is -0.493 e. The molecule has 0 heterocycles. The summed E-state index contributed by atoms with van der Waals surface area (Å²) in [6.07, 6.45) is 4.68. The van der Waals surface area contributed by atoms with Crippen LogP contribution in [-0.2, 0) is 11.2 Å². The van der Waals surface area contributed by atoms with Crippen molar-refractivity contribution in [3.8, 4) is 11.5 Å². The summed E-state index contributed by atoms with van der Waals surface area (Å²) in [7, 11) is 3.02. The summed E-state index contributed by atoms with van der Waals surface area (Å²) in [4.78, 5) is 24.2. The maximum Gasteiger partial charge on any atom is 0.329 e. The van der Waals surface area contributed by atoms with Gasteiger partial charge in [0, 0.05) is 11.1 Å². The van der Waals surface area contributed by atoms with E-state index in [1.54, 1.807) is 18.2 Å². The number of carbonyl (C=O) groups is 2. The Balaban J connectivity index is 2.36. The number of rotatable bonds is 7. The van der Waals surface area contributed by atoms with Gasteiger partial charge in [0.05, 0.1) is 14.2 Å². The standard InChI is InChI=1S/C18H23NO5/c1-4-7-12-10-13(11-14(23-2)15(12)24-3)16(20)19-18(17(21)22)8-5-6-9-18/h4,10-11H,1,5-9H2,2-3H3,(H,19,20)(H,21,22). The first-order valence-electron chi connectivity index (χ1n) is 7.89. The number of hydrogen-bond acceptors (Lipinski definition) is 4. The molecule has 130 valence electrons. The SMILES string of the molecule is C=CCc1cc(C(=O)NC2(C(=O)O)CCCC2)cc(OC)c1OC. The fourth-order valence-electron chi connectivity index (χ4n) is 3.14. The molecule has 2 rings (SSSR count). The van der Waals surface area contributed by atoms with Gasteiger partial charge >= 0.3 is 5.97 Å². The van der Waals surface area contributed by atoms with Crippen LogP contribution in [0, 0.1) is 0 Å². The van der Waals surface area contributed by atoms with Crippen molar-refractivity contribution in [2.45, 2.75) is 37.6 Å². The first kappa shape index (κ1) is 17.8. The molecule has 1 aliphatic rings. The van der Waals surface area contributed by atoms with Gasteiger partial charge < -0.3 is 19.9 Å². The van der Waals surface area contributed by atoms with Crippen LogP contribution in [0.3, 0.4) is 0 Å². The lowest BCUT2D eigenvalue weighted by Gasteiger charge is -2.25. The van der Waals surface area contributed by atoms with Crippen molar-refractivity contribution < 1.29 is 24.2 Å². The first-order chi connectivity index (χ1) is 11.5. The Morgan fingerprint density at radius 3 is 2.46 bits per heavy atom. The molecular weight excluding hydrogens is 310 g/mol. The van der Waals surface area contributed by atoms with Gasteiger partial charge in [-0.05, 0) is 31.4 Å². The highest BCUT2D eigenvalue weighted by Crippen LogP contribution is 2.34. The Kier molecular flexibility index (Phi) is 5.49. The molecule has 1 fully saturated rings. The van der Waals surface area contributed by atoms with E-state index in [1.165, 1.54) is 14.2 Å². The Morgan fingerprint density at radius 1 is 1.29 bits per heavy atom. The Hall–Kier alpha value is -2.50. The quantitative estimate of drug-likeness (QED) is 0.749. The molecule has 6 heteroatoms. The van der Waals surface area contributed by atoms with Crippen molar-refractivity contribution >= 4 is 11.9 Å². The van der Waals surface area contributed by atoms with Gasteiger partial charge in [-0.25, -0.2) is 4.79 Å². The van der Waals surface area contributed by atoms with Crippen molar-refractivity contribution in [3.63, 3.8) is 0 Å². The van der Waals surface area contributed by atoms with Crippen LogP contribution >= 0.6 is 0 Å². The molecule has 0 saturated heterocycles. The first-order valence-corrected chi connectivity index (χ1v) is 7.89. The monoisotopic (exact) mass is 333 g/mol. The smallest absolute Gasteiger partial charge is 0.329 e. The van der Waals surface area contributed by atoms with E-state index in [1.807, 2.05) is 0 Å². The fourth-order valence-corrected chi connectivity index (χ4v) is 3.14. The molecule has 0 aliphatic heterocycles. The van der Waals surface area contributed by atoms with Crippen molar-refractivity contribution in [3.05, 3.63) is 35.9 Å². The maximum atomic E-state index is 12.6. The number of allylic oxidation sites excluding steroid dienone is 1. The maximum absolute atomic E-state index is 12.6. The van der Waals surface area contributed by atoms with Gasteiger partial charge in [0.2, 0.25) is 0 Å². The van der Waals surface area contributed by atoms with E-state index in [4.69, 9.17) is 9.47 Å². The summed E-state index contributed by atoms with van der Waals surface area (Å²) >= 11 is 0. The number of hydrogen-bond donors (Lipinski definition) is 2. The van der Waals surface area contributed by atoms with E-state index >= 15 is 0 Å². The Labute approximate surface area is 141 Å². The zero-order valence-electron chi connectivity index (χ0n) is 14.1. The van der Waals surface area contributed by atoms with Crippen LogP contribution in [0.1, 0.15) is 41.6 Å². The second-order valence-electron chi connectivity index (χ2n) is 5.91. The van der Waals surface area contributed by atoms with Gasteiger partial charge in [-0.15, -0.1) is 6.58 Å². The van der Waals surface area contributed by atoms with Crippen molar-refractivity contribution in [1.29, 1.82) is 0 Å². The molecule has 0 aromatic heterocycles. The highest BCUT2D eigenvalue weighted by molar-refractivity contribution is 5.98. The van der Waals surface area contributed by atoms with Gasteiger partial charge in [-0.1, -0.05) is 18.9 Å². The fraction of sp³-hybridized carbons (Fsp3) is 0.444. The molecule has 1 aliphatic carbocycles. The Bertz CT molecular complexity index is 647. The number of carboxylic acids is 1. The lowest BCUT2D eigenvalue weighted by molar-refractivity contribution is -0.144. The van der Waals surface area contributed by atoms with Crippen molar-refractivity contribution in [2.24, 2.45) is 0 Å². The van der Waals surface area contributed by atoms with Crippen LogP contribution in [-0.4, -0.2) is 36.7 Å². The van der Waals surface area contributed by atoms with E-state index in [0.29, 0.717) is 36.3 Å². The summed E-state index contributed by atoms with van der Waals surface area (Å²) in [5, 5.41) is 12.2. The number of carboxylic acid groups (broad SMARTS) is 1. The normalized spacial score (nSPS) is 15.6. The van der Waals surface area contributed by atoms with E-state index in [9.17, 15) is 14.7 Å². The second-order valence-corrected chi connectivity index (χ2v) is 5.91. The molecule has 2 N–H and O–H groups in total. The summed E-state index contributed by atoms with van der Waals surface area (Å²) in [6.45, 7) is 3.70. The highest BCUT2D eigenvalue weighted by atomic mass is 16.5. The van der Waals surface area contributed by atoms with Crippen LogP contribution in [0.25, 0.3) is 0 Å². The second kappa shape index (κ2) is 7.38. The summed E-state index contributed by atoms with van der Waals surface area (Å²) in [6, 6.07) is 3.24. The van der Waals surface area contributed by atoms with Crippen LogP contribution in [0.4, 0.5) is 0 Å². The minimum atomic E-state index is -1.18. The van der Waals surface area contributed by atoms with Gasteiger partial charge in [-0.2, -0.15) is 0 Å². The molecular formula is C18H23NO5. The molecule has 1 amide bonds. The third-order valence-electron chi connectivity index (χ3n) is 4.40. The van der Waals surface area contributed by atoms with E-state index in [2.05, 4.69) is 11.9 Å². The summed E-state index contributed by atoms with van der Waals surface area (Å²) in [5.74, 6) is -0.439. The van der Waals surface area contributed by atoms with Crippen LogP contribution in [0.2, 0.25) is 0 Å².